The van der Waals surface area contributed by atoms with Crippen LogP contribution in [0.15, 0.2) is 0 Å². The van der Waals surface area contributed by atoms with Crippen molar-refractivity contribution < 1.29 is 19.4 Å². The first kappa shape index (κ1) is 23.6. The zero-order chi connectivity index (χ0) is 24.5. The van der Waals surface area contributed by atoms with Gasteiger partial charge in [-0.25, -0.2) is 0 Å². The molecule has 5 saturated carbocycles. The van der Waals surface area contributed by atoms with Gasteiger partial charge in [-0.05, 0) is 84.9 Å². The molecule has 0 aromatic rings. The van der Waals surface area contributed by atoms with Gasteiger partial charge in [0.15, 0.2) is 0 Å². The average Bonchev–Trinajstić information content (AvgIpc) is 2.75. The Morgan fingerprint density at radius 2 is 1.59 bits per heavy atom. The second kappa shape index (κ2) is 6.77. The van der Waals surface area contributed by atoms with Crippen LogP contribution >= 0.6 is 0 Å². The highest BCUT2D eigenvalue weighted by Gasteiger charge is 2.78. The highest BCUT2D eigenvalue weighted by atomic mass is 16.5. The molecule has 2 bridgehead atoms. The molecule has 0 amide bonds. The summed E-state index contributed by atoms with van der Waals surface area (Å²) in [6.07, 6.45) is 8.24. The Bertz CT molecular complexity index is 940. The van der Waals surface area contributed by atoms with Crippen LogP contribution in [0.2, 0.25) is 0 Å². The average molecular weight is 471 g/mol. The minimum absolute atomic E-state index is 0.0125. The van der Waals surface area contributed by atoms with Crippen molar-refractivity contribution >= 4 is 11.6 Å². The fourth-order valence-electron chi connectivity index (χ4n) is 11.6. The third kappa shape index (κ3) is 2.54. The fraction of sp³-hybridized carbons (Fsp3) is 0.933. The maximum atomic E-state index is 13.7. The molecule has 0 aromatic heterocycles. The molecule has 1 spiro atoms. The van der Waals surface area contributed by atoms with Crippen molar-refractivity contribution in [3.63, 3.8) is 0 Å². The van der Waals surface area contributed by atoms with Gasteiger partial charge in [-0.1, -0.05) is 41.5 Å². The first-order valence-electron chi connectivity index (χ1n) is 14.1. The van der Waals surface area contributed by atoms with E-state index in [0.29, 0.717) is 30.5 Å². The second-order valence-electron chi connectivity index (χ2n) is 15.3. The highest BCUT2D eigenvalue weighted by Crippen LogP contribution is 2.79. The summed E-state index contributed by atoms with van der Waals surface area (Å²) in [5.41, 5.74) is -0.265. The second-order valence-corrected chi connectivity index (χ2v) is 15.3. The van der Waals surface area contributed by atoms with Gasteiger partial charge in [0.25, 0.3) is 0 Å². The number of aliphatic hydroxyl groups is 1. The Kier molecular flexibility index (Phi) is 4.71. The summed E-state index contributed by atoms with van der Waals surface area (Å²) in [6.45, 7) is 15.4. The highest BCUT2D eigenvalue weighted by molar-refractivity contribution is 6.04. The third-order valence-corrected chi connectivity index (χ3v) is 13.5. The SMILES string of the molecule is C[C@H]1C(=O)CC(=O)[C@@H]2[C@]1(C)CC[C@H]1[C@@]23CC[C@@]2(C)[C@@H]4CC(C)(C)CC[C@]4(C)C[C@H](O)[C@]12COC3. The predicted octanol–water partition coefficient (Wildman–Crippen LogP) is 5.60. The van der Waals surface area contributed by atoms with Crippen molar-refractivity contribution in [2.45, 2.75) is 105 Å². The van der Waals surface area contributed by atoms with Crippen LogP contribution < -0.4 is 0 Å². The normalized spacial score (nSPS) is 58.3. The Morgan fingerprint density at radius 1 is 0.853 bits per heavy atom. The van der Waals surface area contributed by atoms with Crippen LogP contribution in [0.5, 0.6) is 0 Å². The lowest BCUT2D eigenvalue weighted by Crippen LogP contribution is -2.77. The standard InChI is InChI=1S/C30H46O4/c1-18-19(31)13-20(32)24-27(18,5)8-7-21-29(24)12-11-28(6)22-14-25(2,3)9-10-26(22,4)15-23(33)30(21,28)17-34-16-29/h18,21-24,33H,7-17H2,1-6H3/t18-,21-,22+,23-,24+,26+,27+,28-,29-,30-/m0/s1. The minimum atomic E-state index is -0.382. The van der Waals surface area contributed by atoms with Gasteiger partial charge in [-0.3, -0.25) is 9.59 Å². The summed E-state index contributed by atoms with van der Waals surface area (Å²) >= 11 is 0. The molecule has 1 saturated heterocycles. The number of ketones is 2. The molecule has 190 valence electrons. The van der Waals surface area contributed by atoms with Crippen molar-refractivity contribution in [1.82, 2.24) is 0 Å². The van der Waals surface area contributed by atoms with E-state index in [0.717, 1.165) is 32.1 Å². The van der Waals surface area contributed by atoms with Crippen molar-refractivity contribution in [3.8, 4) is 0 Å². The molecule has 5 aliphatic carbocycles. The van der Waals surface area contributed by atoms with Crippen molar-refractivity contribution in [2.75, 3.05) is 13.2 Å². The van der Waals surface area contributed by atoms with Crippen LogP contribution in [0.1, 0.15) is 99.3 Å². The molecule has 1 heterocycles. The smallest absolute Gasteiger partial charge is 0.144 e. The summed E-state index contributed by atoms with van der Waals surface area (Å²) in [5, 5.41) is 12.1. The zero-order valence-electron chi connectivity index (χ0n) is 22.3. The van der Waals surface area contributed by atoms with Crippen molar-refractivity contribution in [2.24, 2.45) is 56.2 Å². The number of Topliss-reactive ketones (excluding diaryl/α,β-unsaturated/α-hetero) is 2. The first-order valence-corrected chi connectivity index (χ1v) is 14.1. The molecule has 6 aliphatic rings. The van der Waals surface area contributed by atoms with E-state index in [1.54, 1.807) is 0 Å². The summed E-state index contributed by atoms with van der Waals surface area (Å²) in [7, 11) is 0. The van der Waals surface area contributed by atoms with E-state index < -0.39 is 0 Å². The van der Waals surface area contributed by atoms with Gasteiger partial charge in [0, 0.05) is 22.7 Å². The maximum absolute atomic E-state index is 13.7. The Balaban J connectivity index is 1.50. The Morgan fingerprint density at radius 3 is 2.32 bits per heavy atom. The lowest BCUT2D eigenvalue weighted by atomic mass is 9.28. The lowest BCUT2D eigenvalue weighted by Gasteiger charge is -2.77. The van der Waals surface area contributed by atoms with Gasteiger partial charge in [0.2, 0.25) is 0 Å². The van der Waals surface area contributed by atoms with E-state index in [4.69, 9.17) is 4.74 Å². The van der Waals surface area contributed by atoms with E-state index in [1.807, 2.05) is 0 Å². The van der Waals surface area contributed by atoms with Crippen LogP contribution in [0.25, 0.3) is 0 Å². The molecular weight excluding hydrogens is 424 g/mol. The molecule has 10 atom stereocenters. The molecule has 0 unspecified atom stereocenters. The van der Waals surface area contributed by atoms with Crippen molar-refractivity contribution in [1.29, 1.82) is 0 Å². The summed E-state index contributed by atoms with van der Waals surface area (Å²) in [5.74, 6) is 0.978. The van der Waals surface area contributed by atoms with E-state index in [1.165, 1.54) is 19.3 Å². The van der Waals surface area contributed by atoms with E-state index in [2.05, 4.69) is 41.5 Å². The van der Waals surface area contributed by atoms with Gasteiger partial charge in [0.05, 0.1) is 25.7 Å². The number of rotatable bonds is 0. The van der Waals surface area contributed by atoms with Crippen LogP contribution in [-0.4, -0.2) is 36.0 Å². The zero-order valence-corrected chi connectivity index (χ0v) is 22.3. The quantitative estimate of drug-likeness (QED) is 0.468. The Hall–Kier alpha value is -0.740. The third-order valence-electron chi connectivity index (χ3n) is 13.5. The molecule has 34 heavy (non-hydrogen) atoms. The van der Waals surface area contributed by atoms with Crippen LogP contribution in [0.4, 0.5) is 0 Å². The molecule has 4 heteroatoms. The number of ether oxygens (including phenoxy) is 1. The number of carbonyl (C=O) groups is 2. The van der Waals surface area contributed by atoms with Gasteiger partial charge in [-0.2, -0.15) is 0 Å². The van der Waals surface area contributed by atoms with Crippen LogP contribution in [0, 0.1) is 56.2 Å². The van der Waals surface area contributed by atoms with Gasteiger partial charge in [-0.15, -0.1) is 0 Å². The fourth-order valence-corrected chi connectivity index (χ4v) is 11.6. The van der Waals surface area contributed by atoms with E-state index >= 15 is 0 Å². The molecule has 0 aromatic carbocycles. The molecule has 6 rings (SSSR count). The van der Waals surface area contributed by atoms with Crippen LogP contribution in [0.3, 0.4) is 0 Å². The Labute approximate surface area is 206 Å². The molecule has 6 fully saturated rings. The van der Waals surface area contributed by atoms with E-state index in [9.17, 15) is 14.7 Å². The molecular formula is C30H46O4. The predicted molar refractivity (Wildman–Crippen MR) is 131 cm³/mol. The van der Waals surface area contributed by atoms with Crippen LogP contribution in [-0.2, 0) is 14.3 Å². The number of fused-ring (bicyclic) bond motifs is 3. The molecule has 1 aliphatic heterocycles. The topological polar surface area (TPSA) is 63.6 Å². The number of carbonyl (C=O) groups excluding carboxylic acids is 2. The minimum Gasteiger partial charge on any atom is -0.392 e. The van der Waals surface area contributed by atoms with Gasteiger partial charge >= 0.3 is 0 Å². The number of hydrogen-bond donors (Lipinski definition) is 1. The van der Waals surface area contributed by atoms with Crippen molar-refractivity contribution in [3.05, 3.63) is 0 Å². The summed E-state index contributed by atoms with van der Waals surface area (Å²) in [6, 6.07) is 0. The van der Waals surface area contributed by atoms with Gasteiger partial charge in [0.1, 0.15) is 11.6 Å². The molecule has 4 nitrogen and oxygen atoms in total. The van der Waals surface area contributed by atoms with E-state index in [-0.39, 0.29) is 63.0 Å². The maximum Gasteiger partial charge on any atom is 0.144 e. The number of aliphatic hydroxyl groups excluding tert-OH is 1. The van der Waals surface area contributed by atoms with Gasteiger partial charge < -0.3 is 9.84 Å². The monoisotopic (exact) mass is 470 g/mol. The lowest BCUT2D eigenvalue weighted by molar-refractivity contribution is -0.343. The molecule has 1 N–H and O–H groups in total. The first-order chi connectivity index (χ1) is 15.8. The summed E-state index contributed by atoms with van der Waals surface area (Å²) in [4.78, 5) is 26.5. The number of hydrogen-bond acceptors (Lipinski definition) is 4. The molecule has 0 radical (unpaired) electrons. The largest absolute Gasteiger partial charge is 0.392 e. The summed E-state index contributed by atoms with van der Waals surface area (Å²) < 4.78 is 6.56.